The summed E-state index contributed by atoms with van der Waals surface area (Å²) in [5.74, 6) is 0.734. The van der Waals surface area contributed by atoms with Gasteiger partial charge in [-0.2, -0.15) is 4.98 Å². The summed E-state index contributed by atoms with van der Waals surface area (Å²) >= 11 is 1.72. The molecule has 30 heavy (non-hydrogen) atoms. The molecule has 4 aromatic rings. The van der Waals surface area contributed by atoms with Crippen molar-refractivity contribution in [3.63, 3.8) is 0 Å². The summed E-state index contributed by atoms with van der Waals surface area (Å²) in [7, 11) is 1.72. The van der Waals surface area contributed by atoms with Gasteiger partial charge in [-0.25, -0.2) is 0 Å². The van der Waals surface area contributed by atoms with E-state index in [4.69, 9.17) is 4.52 Å². The molecule has 3 aromatic heterocycles. The maximum Gasteiger partial charge on any atom is 0.254 e. The molecule has 3 heterocycles. The molecule has 1 aromatic carbocycles. The summed E-state index contributed by atoms with van der Waals surface area (Å²) in [5.41, 5.74) is 3.58. The Morgan fingerprint density at radius 3 is 2.80 bits per heavy atom. The van der Waals surface area contributed by atoms with Crippen molar-refractivity contribution in [1.29, 1.82) is 0 Å². The van der Waals surface area contributed by atoms with Crippen molar-refractivity contribution in [2.75, 3.05) is 12.4 Å². The number of hydrogen-bond acceptors (Lipinski definition) is 7. The average Bonchev–Trinajstić information content (AvgIpc) is 3.41. The van der Waals surface area contributed by atoms with Gasteiger partial charge in [-0.1, -0.05) is 11.2 Å². The third-order valence-electron chi connectivity index (χ3n) is 4.66. The molecule has 152 valence electrons. The highest BCUT2D eigenvalue weighted by Crippen LogP contribution is 2.19. The maximum absolute atomic E-state index is 12.9. The zero-order valence-electron chi connectivity index (χ0n) is 16.7. The molecule has 8 heteroatoms. The first-order valence-electron chi connectivity index (χ1n) is 9.45. The first kappa shape index (κ1) is 19.8. The van der Waals surface area contributed by atoms with E-state index >= 15 is 0 Å². The van der Waals surface area contributed by atoms with Gasteiger partial charge >= 0.3 is 0 Å². The highest BCUT2D eigenvalue weighted by Gasteiger charge is 2.16. The van der Waals surface area contributed by atoms with Gasteiger partial charge in [0.1, 0.15) is 0 Å². The molecule has 1 amide bonds. The number of aromatic nitrogens is 3. The number of pyridine rings is 1. The number of hydrogen-bond donors (Lipinski definition) is 1. The van der Waals surface area contributed by atoms with Crippen molar-refractivity contribution < 1.29 is 9.32 Å². The van der Waals surface area contributed by atoms with Crippen LogP contribution in [0.3, 0.4) is 0 Å². The minimum absolute atomic E-state index is 0.116. The molecule has 7 nitrogen and oxygen atoms in total. The van der Waals surface area contributed by atoms with Gasteiger partial charge in [0.05, 0.1) is 6.54 Å². The van der Waals surface area contributed by atoms with Crippen molar-refractivity contribution in [2.45, 2.75) is 20.0 Å². The van der Waals surface area contributed by atoms with Gasteiger partial charge in [0.25, 0.3) is 5.91 Å². The molecule has 0 unspecified atom stereocenters. The molecule has 4 rings (SSSR count). The highest BCUT2D eigenvalue weighted by atomic mass is 32.1. The summed E-state index contributed by atoms with van der Waals surface area (Å²) in [5, 5.41) is 9.45. The zero-order valence-corrected chi connectivity index (χ0v) is 17.5. The topological polar surface area (TPSA) is 84.2 Å². The molecular weight excluding hydrogens is 398 g/mol. The number of benzene rings is 1. The fourth-order valence-corrected chi connectivity index (χ4v) is 3.81. The fraction of sp³-hybridized carbons (Fsp3) is 0.182. The number of thiophene rings is 1. The minimum atomic E-state index is -0.116. The average molecular weight is 420 g/mol. The molecule has 1 N–H and O–H groups in total. The molecule has 0 aliphatic heterocycles. The fourth-order valence-electron chi connectivity index (χ4n) is 2.96. The molecule has 0 saturated heterocycles. The number of anilines is 1. The number of aryl methyl sites for hydroxylation is 1. The summed E-state index contributed by atoms with van der Waals surface area (Å²) in [4.78, 5) is 24.1. The van der Waals surface area contributed by atoms with Gasteiger partial charge in [0.15, 0.2) is 0 Å². The van der Waals surface area contributed by atoms with Crippen molar-refractivity contribution in [1.82, 2.24) is 20.0 Å². The third-order valence-corrected chi connectivity index (χ3v) is 5.68. The summed E-state index contributed by atoms with van der Waals surface area (Å²) in [6.45, 7) is 3.06. The van der Waals surface area contributed by atoms with E-state index in [9.17, 15) is 4.79 Å². The first-order chi connectivity index (χ1) is 14.6. The normalized spacial score (nSPS) is 10.7. The van der Waals surface area contributed by atoms with Gasteiger partial charge in [-0.3, -0.25) is 9.78 Å². The molecule has 0 aliphatic carbocycles. The van der Waals surface area contributed by atoms with E-state index in [2.05, 4.69) is 38.8 Å². The minimum Gasteiger partial charge on any atom is -0.380 e. The van der Waals surface area contributed by atoms with Gasteiger partial charge in [-0.15, -0.1) is 11.3 Å². The van der Waals surface area contributed by atoms with Crippen LogP contribution in [0.5, 0.6) is 0 Å². The number of nitrogens with zero attached hydrogens (tertiary/aromatic N) is 4. The van der Waals surface area contributed by atoms with E-state index in [1.807, 2.05) is 18.2 Å². The van der Waals surface area contributed by atoms with Gasteiger partial charge in [-0.05, 0) is 54.3 Å². The van der Waals surface area contributed by atoms with Crippen LogP contribution in [0.2, 0.25) is 0 Å². The second-order valence-corrected chi connectivity index (χ2v) is 7.87. The van der Waals surface area contributed by atoms with E-state index in [0.29, 0.717) is 17.3 Å². The SMILES string of the molecule is Cc1ccsc1CNc1cccc(C(=O)N(C)Cc2nc(-c3ccncc3)no2)c1. The Balaban J connectivity index is 1.40. The lowest BCUT2D eigenvalue weighted by atomic mass is 10.1. The van der Waals surface area contributed by atoms with Crippen molar-refractivity contribution in [3.8, 4) is 11.4 Å². The Morgan fingerprint density at radius 1 is 1.20 bits per heavy atom. The van der Waals surface area contributed by atoms with Crippen LogP contribution in [0.4, 0.5) is 5.69 Å². The lowest BCUT2D eigenvalue weighted by molar-refractivity contribution is 0.0769. The van der Waals surface area contributed by atoms with Crippen LogP contribution >= 0.6 is 11.3 Å². The smallest absolute Gasteiger partial charge is 0.254 e. The monoisotopic (exact) mass is 419 g/mol. The Morgan fingerprint density at radius 2 is 2.03 bits per heavy atom. The molecule has 0 spiro atoms. The second-order valence-electron chi connectivity index (χ2n) is 6.87. The summed E-state index contributed by atoms with van der Waals surface area (Å²) in [6, 6.07) is 13.2. The molecular formula is C22H21N5O2S. The Bertz CT molecular complexity index is 1140. The van der Waals surface area contributed by atoms with Crippen molar-refractivity contribution in [3.05, 3.63) is 82.1 Å². The van der Waals surface area contributed by atoms with Crippen LogP contribution in [0.25, 0.3) is 11.4 Å². The molecule has 0 saturated carbocycles. The number of rotatable bonds is 7. The van der Waals surface area contributed by atoms with E-state index in [1.165, 1.54) is 10.4 Å². The quantitative estimate of drug-likeness (QED) is 0.478. The Hall–Kier alpha value is -3.52. The number of carbonyl (C=O) groups excluding carboxylic acids is 1. The first-order valence-corrected chi connectivity index (χ1v) is 10.3. The van der Waals surface area contributed by atoms with Crippen LogP contribution < -0.4 is 5.32 Å². The predicted octanol–water partition coefficient (Wildman–Crippen LogP) is 4.39. The molecule has 0 fully saturated rings. The van der Waals surface area contributed by atoms with E-state index < -0.39 is 0 Å². The Labute approximate surface area is 178 Å². The highest BCUT2D eigenvalue weighted by molar-refractivity contribution is 7.10. The number of carbonyl (C=O) groups is 1. The summed E-state index contributed by atoms with van der Waals surface area (Å²) < 4.78 is 5.30. The third kappa shape index (κ3) is 4.55. The maximum atomic E-state index is 12.9. The van der Waals surface area contributed by atoms with Crippen LogP contribution in [-0.2, 0) is 13.1 Å². The largest absolute Gasteiger partial charge is 0.380 e. The molecule has 0 radical (unpaired) electrons. The van der Waals surface area contributed by atoms with E-state index in [0.717, 1.165) is 17.8 Å². The molecule has 0 bridgehead atoms. The molecule has 0 aliphatic rings. The van der Waals surface area contributed by atoms with E-state index in [-0.39, 0.29) is 12.5 Å². The lowest BCUT2D eigenvalue weighted by Gasteiger charge is -2.15. The van der Waals surface area contributed by atoms with Crippen molar-refractivity contribution >= 4 is 22.9 Å². The van der Waals surface area contributed by atoms with Crippen LogP contribution in [-0.4, -0.2) is 33.0 Å². The molecule has 0 atom stereocenters. The number of amides is 1. The second kappa shape index (κ2) is 8.87. The zero-order chi connectivity index (χ0) is 20.9. The lowest BCUT2D eigenvalue weighted by Crippen LogP contribution is -2.26. The van der Waals surface area contributed by atoms with Gasteiger partial charge < -0.3 is 14.7 Å². The standard InChI is InChI=1S/C22H21N5O2S/c1-15-8-11-30-19(15)13-24-18-5-3-4-17(12-18)22(28)27(2)14-20-25-21(26-29-20)16-6-9-23-10-7-16/h3-12,24H,13-14H2,1-2H3. The Kier molecular flexibility index (Phi) is 5.85. The van der Waals surface area contributed by atoms with Crippen LogP contribution in [0.1, 0.15) is 26.7 Å². The predicted molar refractivity (Wildman–Crippen MR) is 116 cm³/mol. The van der Waals surface area contributed by atoms with Crippen molar-refractivity contribution in [2.24, 2.45) is 0 Å². The van der Waals surface area contributed by atoms with Crippen LogP contribution in [0, 0.1) is 6.92 Å². The van der Waals surface area contributed by atoms with E-state index in [1.54, 1.807) is 53.9 Å². The van der Waals surface area contributed by atoms with Gasteiger partial charge in [0, 0.05) is 47.7 Å². The van der Waals surface area contributed by atoms with Gasteiger partial charge in [0.2, 0.25) is 11.7 Å². The summed E-state index contributed by atoms with van der Waals surface area (Å²) in [6.07, 6.45) is 3.34. The number of nitrogens with one attached hydrogen (secondary N) is 1. The van der Waals surface area contributed by atoms with Crippen LogP contribution in [0.15, 0.2) is 64.8 Å².